The van der Waals surface area contributed by atoms with E-state index in [2.05, 4.69) is 26.1 Å². The van der Waals surface area contributed by atoms with Crippen LogP contribution in [0, 0.1) is 5.82 Å². The predicted molar refractivity (Wildman–Crippen MR) is 109 cm³/mol. The zero-order chi connectivity index (χ0) is 23.8. The lowest BCUT2D eigenvalue weighted by Crippen LogP contribution is -2.54. The van der Waals surface area contributed by atoms with Gasteiger partial charge in [-0.2, -0.15) is 18.3 Å². The van der Waals surface area contributed by atoms with Gasteiger partial charge >= 0.3 is 6.18 Å². The van der Waals surface area contributed by atoms with Crippen LogP contribution in [0.1, 0.15) is 21.6 Å². The van der Waals surface area contributed by atoms with Crippen LogP contribution in [0.15, 0.2) is 54.7 Å². The molecule has 2 aromatic carbocycles. The molecule has 0 aliphatic carbocycles. The fourth-order valence-corrected chi connectivity index (χ4v) is 3.65. The second kappa shape index (κ2) is 8.30. The molecule has 3 aromatic rings. The molecule has 8 nitrogen and oxygen atoms in total. The van der Waals surface area contributed by atoms with Crippen molar-refractivity contribution in [3.63, 3.8) is 0 Å². The van der Waals surface area contributed by atoms with Gasteiger partial charge in [0, 0.05) is 11.8 Å². The van der Waals surface area contributed by atoms with E-state index in [0.29, 0.717) is 5.69 Å². The largest absolute Gasteiger partial charge is 0.416 e. The van der Waals surface area contributed by atoms with Gasteiger partial charge in [0.15, 0.2) is 5.54 Å². The monoisotopic (exact) mass is 462 g/mol. The lowest BCUT2D eigenvalue weighted by molar-refractivity contribution is -0.137. The van der Waals surface area contributed by atoms with Gasteiger partial charge in [-0.05, 0) is 47.5 Å². The standard InChI is InChI=1S/C21H18F4N6O2/c22-13-5-6-14(15(9-13)11-1-3-12(4-2-11)21(23,24)25)17(32)27-10-20(16-7-8-28-31-16)18(33)29-19(26)30-20/h1-9,19,30H,10,26H2,(H,27,32)(H,28,31)(H,29,33). The summed E-state index contributed by atoms with van der Waals surface area (Å²) >= 11 is 0. The Morgan fingerprint density at radius 3 is 2.45 bits per heavy atom. The number of aromatic nitrogens is 2. The number of nitrogens with two attached hydrogens (primary N) is 1. The zero-order valence-electron chi connectivity index (χ0n) is 16.8. The molecule has 1 saturated heterocycles. The Morgan fingerprint density at radius 1 is 1.15 bits per heavy atom. The Kier molecular flexibility index (Phi) is 5.64. The van der Waals surface area contributed by atoms with Crippen molar-refractivity contribution < 1.29 is 27.2 Å². The van der Waals surface area contributed by atoms with E-state index in [9.17, 15) is 27.2 Å². The van der Waals surface area contributed by atoms with E-state index in [1.54, 1.807) is 6.07 Å². The number of nitrogens with zero attached hydrogens (tertiary/aromatic N) is 1. The van der Waals surface area contributed by atoms with Crippen molar-refractivity contribution in [3.05, 3.63) is 77.4 Å². The molecule has 6 N–H and O–H groups in total. The van der Waals surface area contributed by atoms with Crippen LogP contribution >= 0.6 is 0 Å². The lowest BCUT2D eigenvalue weighted by Gasteiger charge is -2.26. The number of amides is 2. The molecule has 1 aliphatic rings. The summed E-state index contributed by atoms with van der Waals surface area (Å²) in [5, 5.41) is 14.5. The Morgan fingerprint density at radius 2 is 1.88 bits per heavy atom. The van der Waals surface area contributed by atoms with E-state index in [1.807, 2.05) is 0 Å². The number of hydrogen-bond acceptors (Lipinski definition) is 5. The fourth-order valence-electron chi connectivity index (χ4n) is 3.65. The van der Waals surface area contributed by atoms with Gasteiger partial charge in [0.05, 0.1) is 17.8 Å². The topological polar surface area (TPSA) is 125 Å². The van der Waals surface area contributed by atoms with Gasteiger partial charge < -0.3 is 10.6 Å². The number of nitrogens with one attached hydrogen (secondary N) is 4. The number of aromatic amines is 1. The Hall–Kier alpha value is -3.77. The van der Waals surface area contributed by atoms with Crippen molar-refractivity contribution in [2.24, 2.45) is 5.73 Å². The normalized spacial score (nSPS) is 20.5. The molecule has 1 aromatic heterocycles. The van der Waals surface area contributed by atoms with Crippen molar-refractivity contribution >= 4 is 11.8 Å². The maximum absolute atomic E-state index is 13.9. The van der Waals surface area contributed by atoms with Crippen LogP contribution in [0.25, 0.3) is 11.1 Å². The summed E-state index contributed by atoms with van der Waals surface area (Å²) in [4.78, 5) is 25.6. The fraction of sp³-hybridized carbons (Fsp3) is 0.190. The van der Waals surface area contributed by atoms with Crippen molar-refractivity contribution in [3.8, 4) is 11.1 Å². The highest BCUT2D eigenvalue weighted by atomic mass is 19.4. The number of alkyl halides is 3. The highest BCUT2D eigenvalue weighted by Crippen LogP contribution is 2.32. The Bertz CT molecular complexity index is 1180. The second-order valence-electron chi connectivity index (χ2n) is 7.42. The third-order valence-corrected chi connectivity index (χ3v) is 5.30. The summed E-state index contributed by atoms with van der Waals surface area (Å²) < 4.78 is 52.6. The molecule has 1 aliphatic heterocycles. The van der Waals surface area contributed by atoms with E-state index >= 15 is 0 Å². The molecule has 0 bridgehead atoms. The number of halogens is 4. The first-order valence-corrected chi connectivity index (χ1v) is 9.70. The zero-order valence-corrected chi connectivity index (χ0v) is 16.8. The average Bonchev–Trinajstić information content (AvgIpc) is 3.40. The molecular formula is C21H18F4N6O2. The number of carbonyl (C=O) groups is 2. The van der Waals surface area contributed by atoms with Gasteiger partial charge in [0.25, 0.3) is 11.8 Å². The minimum atomic E-state index is -4.53. The molecule has 2 heterocycles. The Labute approximate surface area is 184 Å². The van der Waals surface area contributed by atoms with Gasteiger partial charge in [-0.3, -0.25) is 25.7 Å². The second-order valence-corrected chi connectivity index (χ2v) is 7.42. The number of hydrogen-bond donors (Lipinski definition) is 5. The first-order chi connectivity index (χ1) is 15.6. The third-order valence-electron chi connectivity index (χ3n) is 5.30. The molecule has 0 radical (unpaired) electrons. The molecular weight excluding hydrogens is 444 g/mol. The number of benzene rings is 2. The summed E-state index contributed by atoms with van der Waals surface area (Å²) in [6.07, 6.45) is -3.97. The third kappa shape index (κ3) is 4.30. The summed E-state index contributed by atoms with van der Waals surface area (Å²) in [6, 6.07) is 8.89. The lowest BCUT2D eigenvalue weighted by atomic mass is 9.94. The quantitative estimate of drug-likeness (QED) is 0.370. The minimum absolute atomic E-state index is 0.0126. The predicted octanol–water partition coefficient (Wildman–Crippen LogP) is 1.82. The van der Waals surface area contributed by atoms with Crippen molar-refractivity contribution in [2.45, 2.75) is 18.0 Å². The molecule has 2 amide bonds. The van der Waals surface area contributed by atoms with E-state index in [4.69, 9.17) is 5.73 Å². The van der Waals surface area contributed by atoms with Crippen LogP contribution in [-0.2, 0) is 16.5 Å². The molecule has 12 heteroatoms. The van der Waals surface area contributed by atoms with E-state index in [0.717, 1.165) is 36.4 Å². The van der Waals surface area contributed by atoms with Crippen molar-refractivity contribution in [1.82, 2.24) is 26.1 Å². The summed E-state index contributed by atoms with van der Waals surface area (Å²) in [5.74, 6) is -1.83. The van der Waals surface area contributed by atoms with Gasteiger partial charge in [0.1, 0.15) is 12.1 Å². The first-order valence-electron chi connectivity index (χ1n) is 9.70. The first kappa shape index (κ1) is 22.4. The summed E-state index contributed by atoms with van der Waals surface area (Å²) in [5.41, 5.74) is 4.15. The molecule has 0 spiro atoms. The molecule has 4 rings (SSSR count). The van der Waals surface area contributed by atoms with Crippen LogP contribution in [0.2, 0.25) is 0 Å². The van der Waals surface area contributed by atoms with Crippen LogP contribution < -0.4 is 21.7 Å². The highest BCUT2D eigenvalue weighted by molar-refractivity contribution is 6.01. The van der Waals surface area contributed by atoms with Gasteiger partial charge in [-0.15, -0.1) is 0 Å². The summed E-state index contributed by atoms with van der Waals surface area (Å²) in [7, 11) is 0. The van der Waals surface area contributed by atoms with Crippen LogP contribution in [0.5, 0.6) is 0 Å². The van der Waals surface area contributed by atoms with Crippen molar-refractivity contribution in [1.29, 1.82) is 0 Å². The van der Waals surface area contributed by atoms with E-state index < -0.39 is 41.2 Å². The molecule has 33 heavy (non-hydrogen) atoms. The highest BCUT2D eigenvalue weighted by Gasteiger charge is 2.48. The Balaban J connectivity index is 1.62. The van der Waals surface area contributed by atoms with E-state index in [-0.39, 0.29) is 23.2 Å². The minimum Gasteiger partial charge on any atom is -0.349 e. The molecule has 1 fully saturated rings. The van der Waals surface area contributed by atoms with Crippen LogP contribution in [0.3, 0.4) is 0 Å². The maximum Gasteiger partial charge on any atom is 0.416 e. The molecule has 2 atom stereocenters. The van der Waals surface area contributed by atoms with Crippen molar-refractivity contribution in [2.75, 3.05) is 6.54 Å². The number of carbonyl (C=O) groups excluding carboxylic acids is 2. The smallest absolute Gasteiger partial charge is 0.349 e. The van der Waals surface area contributed by atoms with Crippen LogP contribution in [0.4, 0.5) is 17.6 Å². The molecule has 172 valence electrons. The molecule has 2 unspecified atom stereocenters. The SMILES string of the molecule is NC1NC(=O)C(CNC(=O)c2ccc(F)cc2-c2ccc(C(F)(F)F)cc2)(c2ccn[nH]2)N1. The maximum atomic E-state index is 13.9. The van der Waals surface area contributed by atoms with Gasteiger partial charge in [-0.1, -0.05) is 12.1 Å². The number of rotatable bonds is 5. The van der Waals surface area contributed by atoms with E-state index in [1.165, 1.54) is 12.3 Å². The average molecular weight is 462 g/mol. The number of H-pyrrole nitrogens is 1. The molecule has 0 saturated carbocycles. The van der Waals surface area contributed by atoms with Gasteiger partial charge in [-0.25, -0.2) is 4.39 Å². The van der Waals surface area contributed by atoms with Crippen LogP contribution in [-0.4, -0.2) is 34.8 Å². The van der Waals surface area contributed by atoms with Gasteiger partial charge in [0.2, 0.25) is 0 Å². The summed E-state index contributed by atoms with van der Waals surface area (Å²) in [6.45, 7) is -0.239.